The molecule has 9 N–H and O–H groups in total. The van der Waals surface area contributed by atoms with Gasteiger partial charge in [0.05, 0.1) is 25.4 Å². The topological polar surface area (TPSA) is 236 Å². The first kappa shape index (κ1) is 42.8. The maximum absolute atomic E-state index is 14.8. The molecule has 7 rings (SSSR count). The summed E-state index contributed by atoms with van der Waals surface area (Å²) in [4.78, 5) is 14.8. The fourth-order valence-electron chi connectivity index (χ4n) is 13.6. The van der Waals surface area contributed by atoms with Crippen LogP contribution in [0.1, 0.15) is 106 Å². The van der Waals surface area contributed by atoms with Crippen molar-refractivity contribution in [3.05, 3.63) is 11.6 Å². The zero-order valence-electron chi connectivity index (χ0n) is 34.1. The van der Waals surface area contributed by atoms with Crippen molar-refractivity contribution in [2.45, 2.75) is 180 Å². The van der Waals surface area contributed by atoms with Gasteiger partial charge in [-0.1, -0.05) is 60.1 Å². The minimum atomic E-state index is -1.89. The van der Waals surface area contributed by atoms with Gasteiger partial charge in [0, 0.05) is 0 Å². The number of hydrogen-bond acceptors (Lipinski definition) is 14. The molecule has 0 bridgehead atoms. The van der Waals surface area contributed by atoms with Gasteiger partial charge in [-0.15, -0.1) is 0 Å². The molecule has 0 spiro atoms. The molecule has 4 saturated carbocycles. The van der Waals surface area contributed by atoms with Crippen molar-refractivity contribution in [2.24, 2.45) is 50.2 Å². The second-order valence-corrected chi connectivity index (χ2v) is 20.8. The molecule has 56 heavy (non-hydrogen) atoms. The predicted octanol–water partition coefficient (Wildman–Crippen LogP) is 1.29. The lowest BCUT2D eigenvalue weighted by molar-refractivity contribution is -0.357. The van der Waals surface area contributed by atoms with Gasteiger partial charge < -0.3 is 64.9 Å². The lowest BCUT2D eigenvalue weighted by Gasteiger charge is -2.71. The van der Waals surface area contributed by atoms with Gasteiger partial charge in [0.2, 0.25) is 6.29 Å². The molecule has 5 unspecified atom stereocenters. The minimum absolute atomic E-state index is 0.00601. The first-order valence-electron chi connectivity index (χ1n) is 20.9. The van der Waals surface area contributed by atoms with Crippen LogP contribution >= 0.6 is 0 Å². The number of ether oxygens (including phenoxy) is 4. The first-order chi connectivity index (χ1) is 26.0. The van der Waals surface area contributed by atoms with Gasteiger partial charge in [0.25, 0.3) is 0 Å². The van der Waals surface area contributed by atoms with E-state index in [1.54, 1.807) is 0 Å². The Bertz CT molecular complexity index is 1520. The summed E-state index contributed by atoms with van der Waals surface area (Å²) < 4.78 is 23.0. The summed E-state index contributed by atoms with van der Waals surface area (Å²) in [6, 6.07) is 0. The number of rotatable bonds is 6. The molecule has 19 atom stereocenters. The molecule has 0 aromatic heterocycles. The highest BCUT2D eigenvalue weighted by atomic mass is 16.7. The van der Waals surface area contributed by atoms with Crippen molar-refractivity contribution < 1.29 is 69.7 Å². The van der Waals surface area contributed by atoms with Crippen molar-refractivity contribution in [1.29, 1.82) is 0 Å². The number of hydrogen-bond donors (Lipinski definition) is 9. The molecule has 0 amide bonds. The van der Waals surface area contributed by atoms with Crippen LogP contribution in [0.2, 0.25) is 0 Å². The van der Waals surface area contributed by atoms with Crippen LogP contribution in [-0.4, -0.2) is 139 Å². The van der Waals surface area contributed by atoms with Crippen LogP contribution in [-0.2, 0) is 23.7 Å². The number of carbonyl (C=O) groups excluding carboxylic acids is 1. The van der Waals surface area contributed by atoms with Crippen LogP contribution in [0.5, 0.6) is 0 Å². The Hall–Kier alpha value is -1.27. The number of fused-ring (bicyclic) bond motifs is 7. The third-order valence-corrected chi connectivity index (χ3v) is 17.2. The first-order valence-corrected chi connectivity index (χ1v) is 20.9. The second-order valence-electron chi connectivity index (χ2n) is 20.8. The molecule has 5 aliphatic carbocycles. The Morgan fingerprint density at radius 1 is 0.714 bits per heavy atom. The maximum atomic E-state index is 14.8. The van der Waals surface area contributed by atoms with E-state index in [0.717, 1.165) is 32.1 Å². The van der Waals surface area contributed by atoms with Gasteiger partial charge in [0.15, 0.2) is 6.29 Å². The quantitative estimate of drug-likeness (QED) is 0.136. The molecular formula is C42H68O14. The summed E-state index contributed by atoms with van der Waals surface area (Å²) in [6.07, 6.45) is -9.35. The molecule has 0 radical (unpaired) electrons. The Labute approximate surface area is 330 Å². The van der Waals surface area contributed by atoms with Gasteiger partial charge in [-0.3, -0.25) is 4.79 Å². The largest absolute Gasteiger partial charge is 0.432 e. The molecule has 0 aromatic rings. The molecular weight excluding hydrogens is 728 g/mol. The molecule has 2 saturated heterocycles. The zero-order valence-corrected chi connectivity index (χ0v) is 34.1. The summed E-state index contributed by atoms with van der Waals surface area (Å²) >= 11 is 0. The summed E-state index contributed by atoms with van der Waals surface area (Å²) in [5.74, 6) is -0.449. The smallest absolute Gasteiger partial charge is 0.317 e. The van der Waals surface area contributed by atoms with Crippen molar-refractivity contribution >= 4 is 5.97 Å². The van der Waals surface area contributed by atoms with Crippen LogP contribution < -0.4 is 0 Å². The highest BCUT2D eigenvalue weighted by Gasteiger charge is 2.72. The van der Waals surface area contributed by atoms with Crippen LogP contribution in [0.3, 0.4) is 0 Å². The Kier molecular flexibility index (Phi) is 11.0. The monoisotopic (exact) mass is 796 g/mol. The highest BCUT2D eigenvalue weighted by molar-refractivity contribution is 5.80. The van der Waals surface area contributed by atoms with Gasteiger partial charge in [-0.05, 0) is 103 Å². The van der Waals surface area contributed by atoms with E-state index in [1.165, 1.54) is 5.57 Å². The maximum Gasteiger partial charge on any atom is 0.317 e. The summed E-state index contributed by atoms with van der Waals surface area (Å²) in [5, 5.41) is 97.1. The third kappa shape index (κ3) is 6.13. The number of aliphatic hydroxyl groups excluding tert-OH is 9. The molecule has 2 heterocycles. The highest BCUT2D eigenvalue weighted by Crippen LogP contribution is 2.76. The van der Waals surface area contributed by atoms with Crippen LogP contribution in [0.15, 0.2) is 11.6 Å². The van der Waals surface area contributed by atoms with E-state index in [9.17, 15) is 50.8 Å². The lowest BCUT2D eigenvalue weighted by atomic mass is 9.33. The van der Waals surface area contributed by atoms with Gasteiger partial charge >= 0.3 is 5.97 Å². The van der Waals surface area contributed by atoms with E-state index < -0.39 is 97.5 Å². The van der Waals surface area contributed by atoms with Crippen molar-refractivity contribution in [3.63, 3.8) is 0 Å². The Morgan fingerprint density at radius 3 is 2.02 bits per heavy atom. The summed E-state index contributed by atoms with van der Waals surface area (Å²) in [7, 11) is 0. The minimum Gasteiger partial charge on any atom is -0.432 e. The fraction of sp³-hybridized carbons (Fsp3) is 0.929. The second kappa shape index (κ2) is 14.4. The number of allylic oxidation sites excluding steroid dienone is 2. The van der Waals surface area contributed by atoms with E-state index in [2.05, 4.69) is 54.5 Å². The zero-order chi connectivity index (χ0) is 41.1. The van der Waals surface area contributed by atoms with E-state index in [4.69, 9.17) is 18.9 Å². The SMILES string of the molecule is CC1(C)CC[C@]2(C(=O)O[C@H]3OC(CO)[C@H](O[C@H]4OC(CO)[C@H](O)C(O)[C@H]4O)C(O)[C@H]3O)C(O)C[C@]3(C)C(=CC[C@@H]4[C@@]5(C)CC[C@H](O)C(C)(C)[C@@H]5CC[C@]43C)[C@@H]2C1. The molecule has 320 valence electrons. The fourth-order valence-corrected chi connectivity index (χ4v) is 13.6. The van der Waals surface area contributed by atoms with Gasteiger partial charge in [-0.2, -0.15) is 0 Å². The van der Waals surface area contributed by atoms with Crippen molar-refractivity contribution in [1.82, 2.24) is 0 Å². The van der Waals surface area contributed by atoms with E-state index in [0.29, 0.717) is 37.5 Å². The van der Waals surface area contributed by atoms with Gasteiger partial charge in [0.1, 0.15) is 54.2 Å². The van der Waals surface area contributed by atoms with E-state index in [1.807, 2.05) is 0 Å². The molecule has 7 aliphatic rings. The number of aliphatic hydroxyl groups is 9. The normalized spacial score (nSPS) is 53.7. The molecule has 6 fully saturated rings. The van der Waals surface area contributed by atoms with Crippen molar-refractivity contribution in [3.8, 4) is 0 Å². The Morgan fingerprint density at radius 2 is 1.36 bits per heavy atom. The molecule has 2 aliphatic heterocycles. The third-order valence-electron chi connectivity index (χ3n) is 17.2. The summed E-state index contributed by atoms with van der Waals surface area (Å²) in [5.41, 5.74) is -1.17. The van der Waals surface area contributed by atoms with Gasteiger partial charge in [-0.25, -0.2) is 0 Å². The number of carbonyl (C=O) groups is 1. The number of esters is 1. The van der Waals surface area contributed by atoms with Crippen LogP contribution in [0.4, 0.5) is 0 Å². The molecule has 14 nitrogen and oxygen atoms in total. The average Bonchev–Trinajstić information content (AvgIpc) is 3.13. The molecule has 0 aromatic carbocycles. The standard InChI is InChI=1S/C42H68O14/c1-37(2)14-15-42(36(52)56-35-32(51)30(49)33(23(19-44)54-35)55-34-31(50)29(48)28(47)22(18-43)53-34)21(16-37)20-8-9-25-39(5)12-11-26(45)38(3,4)24(39)10-13-40(25,6)41(20,7)17-27(42)46/h8,21-35,43-51H,9-19H2,1-7H3/t21-,22?,23?,24-,25+,26-,27?,28-,29?,30?,31+,32+,33-,34+,35+,39-,40+,41+,42+/m0/s1. The predicted molar refractivity (Wildman–Crippen MR) is 199 cm³/mol. The lowest BCUT2D eigenvalue weighted by Crippen LogP contribution is -2.68. The van der Waals surface area contributed by atoms with E-state index in [-0.39, 0.29) is 33.7 Å². The van der Waals surface area contributed by atoms with Crippen LogP contribution in [0, 0.1) is 50.2 Å². The van der Waals surface area contributed by atoms with Crippen LogP contribution in [0.25, 0.3) is 0 Å². The average molecular weight is 797 g/mol. The van der Waals surface area contributed by atoms with Crippen molar-refractivity contribution in [2.75, 3.05) is 13.2 Å². The Balaban J connectivity index is 1.16. The summed E-state index contributed by atoms with van der Waals surface area (Å²) in [6.45, 7) is 14.4. The molecule has 14 heteroatoms. The van der Waals surface area contributed by atoms with E-state index >= 15 is 0 Å².